The van der Waals surface area contributed by atoms with Crippen LogP contribution in [0.4, 0.5) is 5.69 Å². The maximum atomic E-state index is 12.9. The molecule has 0 atom stereocenters. The Balaban J connectivity index is 1.74. The summed E-state index contributed by atoms with van der Waals surface area (Å²) >= 11 is 3.39. The van der Waals surface area contributed by atoms with Gasteiger partial charge in [-0.05, 0) is 55.0 Å². The standard InChI is InChI=1S/C20H17BrN4O2/c1-12-16(19(26)25(22-12)15-7-5-14(21)6-8-15)10-13-4-9-17-18(11-13)24(3)20(27)23(17)2/h4-11H,1-3H3/b16-10+. The molecule has 0 N–H and O–H groups in total. The second-order valence-electron chi connectivity index (χ2n) is 6.49. The summed E-state index contributed by atoms with van der Waals surface area (Å²) in [6.07, 6.45) is 1.82. The third-order valence-electron chi connectivity index (χ3n) is 4.74. The first-order valence-electron chi connectivity index (χ1n) is 8.39. The lowest BCUT2D eigenvalue weighted by atomic mass is 10.1. The van der Waals surface area contributed by atoms with Gasteiger partial charge in [0.1, 0.15) is 0 Å². The maximum Gasteiger partial charge on any atom is 0.328 e. The molecule has 7 heteroatoms. The summed E-state index contributed by atoms with van der Waals surface area (Å²) in [7, 11) is 3.49. The number of hydrogen-bond acceptors (Lipinski definition) is 3. The number of carbonyl (C=O) groups is 1. The second-order valence-corrected chi connectivity index (χ2v) is 7.40. The van der Waals surface area contributed by atoms with E-state index in [4.69, 9.17) is 0 Å². The summed E-state index contributed by atoms with van der Waals surface area (Å²) in [6, 6.07) is 13.1. The molecule has 0 unspecified atom stereocenters. The predicted molar refractivity (Wildman–Crippen MR) is 111 cm³/mol. The van der Waals surface area contributed by atoms with Gasteiger partial charge in [-0.2, -0.15) is 10.1 Å². The Morgan fingerprint density at radius 3 is 2.33 bits per heavy atom. The second kappa shape index (κ2) is 6.35. The SMILES string of the molecule is CC1=NN(c2ccc(Br)cc2)C(=O)/C1=C/c1ccc2c(c1)n(C)c(=O)n2C. The molecule has 2 heterocycles. The van der Waals surface area contributed by atoms with Crippen LogP contribution in [0.2, 0.25) is 0 Å². The summed E-state index contributed by atoms with van der Waals surface area (Å²) in [5.41, 5.74) is 4.35. The molecule has 0 bridgehead atoms. The van der Waals surface area contributed by atoms with Gasteiger partial charge in [0.2, 0.25) is 0 Å². The Hall–Kier alpha value is -2.93. The first kappa shape index (κ1) is 17.5. The van der Waals surface area contributed by atoms with Gasteiger partial charge in [0.05, 0.1) is 28.0 Å². The summed E-state index contributed by atoms with van der Waals surface area (Å²) in [6.45, 7) is 1.82. The number of fused-ring (bicyclic) bond motifs is 1. The number of imidazole rings is 1. The monoisotopic (exact) mass is 424 g/mol. The van der Waals surface area contributed by atoms with Crippen LogP contribution >= 0.6 is 15.9 Å². The average molecular weight is 425 g/mol. The van der Waals surface area contributed by atoms with Crippen molar-refractivity contribution in [2.75, 3.05) is 5.01 Å². The molecule has 1 aromatic heterocycles. The highest BCUT2D eigenvalue weighted by atomic mass is 79.9. The van der Waals surface area contributed by atoms with Crippen molar-refractivity contribution in [2.45, 2.75) is 6.92 Å². The maximum absolute atomic E-state index is 12.9. The minimum absolute atomic E-state index is 0.0779. The zero-order valence-electron chi connectivity index (χ0n) is 15.1. The zero-order valence-corrected chi connectivity index (χ0v) is 16.7. The van der Waals surface area contributed by atoms with Crippen molar-refractivity contribution in [1.29, 1.82) is 0 Å². The minimum Gasteiger partial charge on any atom is -0.295 e. The van der Waals surface area contributed by atoms with Crippen LogP contribution < -0.4 is 10.7 Å². The molecule has 6 nitrogen and oxygen atoms in total. The lowest BCUT2D eigenvalue weighted by molar-refractivity contribution is -0.114. The molecule has 0 radical (unpaired) electrons. The number of carbonyl (C=O) groups excluding carboxylic acids is 1. The molecule has 3 aromatic rings. The number of halogens is 1. The van der Waals surface area contributed by atoms with Gasteiger partial charge in [0.25, 0.3) is 5.91 Å². The van der Waals surface area contributed by atoms with E-state index in [0.29, 0.717) is 17.0 Å². The highest BCUT2D eigenvalue weighted by molar-refractivity contribution is 9.10. The largest absolute Gasteiger partial charge is 0.328 e. The Bertz CT molecular complexity index is 1200. The molecular weight excluding hydrogens is 408 g/mol. The van der Waals surface area contributed by atoms with Crippen LogP contribution in [-0.4, -0.2) is 20.8 Å². The average Bonchev–Trinajstić information content (AvgIpc) is 3.05. The van der Waals surface area contributed by atoms with Gasteiger partial charge in [-0.15, -0.1) is 0 Å². The van der Waals surface area contributed by atoms with E-state index in [1.807, 2.05) is 55.5 Å². The van der Waals surface area contributed by atoms with Gasteiger partial charge in [0, 0.05) is 18.6 Å². The fraction of sp³-hybridized carbons (Fsp3) is 0.150. The van der Waals surface area contributed by atoms with Crippen LogP contribution in [0.1, 0.15) is 12.5 Å². The highest BCUT2D eigenvalue weighted by Crippen LogP contribution is 2.26. The summed E-state index contributed by atoms with van der Waals surface area (Å²) < 4.78 is 4.15. The van der Waals surface area contributed by atoms with Crippen LogP contribution in [0.3, 0.4) is 0 Å². The van der Waals surface area contributed by atoms with Crippen LogP contribution in [0, 0.1) is 0 Å². The number of aromatic nitrogens is 2. The first-order valence-corrected chi connectivity index (χ1v) is 9.19. The highest BCUT2D eigenvalue weighted by Gasteiger charge is 2.28. The summed E-state index contributed by atoms with van der Waals surface area (Å²) in [4.78, 5) is 25.0. The zero-order chi connectivity index (χ0) is 19.3. The van der Waals surface area contributed by atoms with Gasteiger partial charge >= 0.3 is 5.69 Å². The smallest absolute Gasteiger partial charge is 0.295 e. The Morgan fingerprint density at radius 2 is 1.63 bits per heavy atom. The lowest BCUT2D eigenvalue weighted by Crippen LogP contribution is -2.21. The van der Waals surface area contributed by atoms with Crippen molar-refractivity contribution in [3.8, 4) is 0 Å². The number of rotatable bonds is 2. The number of nitrogens with zero attached hydrogens (tertiary/aromatic N) is 4. The molecule has 0 saturated carbocycles. The van der Waals surface area contributed by atoms with Gasteiger partial charge in [-0.1, -0.05) is 22.0 Å². The Labute approximate surface area is 164 Å². The molecule has 0 fully saturated rings. The van der Waals surface area contributed by atoms with Crippen LogP contribution in [-0.2, 0) is 18.9 Å². The first-order chi connectivity index (χ1) is 12.9. The molecule has 0 saturated heterocycles. The van der Waals surface area contributed by atoms with Crippen molar-refractivity contribution in [3.05, 3.63) is 68.6 Å². The molecule has 27 heavy (non-hydrogen) atoms. The fourth-order valence-electron chi connectivity index (χ4n) is 3.22. The molecule has 1 aliphatic rings. The topological polar surface area (TPSA) is 59.6 Å². The van der Waals surface area contributed by atoms with Crippen LogP contribution in [0.5, 0.6) is 0 Å². The van der Waals surface area contributed by atoms with Crippen molar-refractivity contribution in [3.63, 3.8) is 0 Å². The molecule has 0 aliphatic carbocycles. The molecule has 1 amide bonds. The van der Waals surface area contributed by atoms with E-state index in [-0.39, 0.29) is 11.6 Å². The van der Waals surface area contributed by atoms with Crippen molar-refractivity contribution < 1.29 is 4.79 Å². The third-order valence-corrected chi connectivity index (χ3v) is 5.27. The minimum atomic E-state index is -0.170. The van der Waals surface area contributed by atoms with E-state index < -0.39 is 0 Å². The van der Waals surface area contributed by atoms with Crippen LogP contribution in [0.25, 0.3) is 17.1 Å². The van der Waals surface area contributed by atoms with E-state index in [0.717, 1.165) is 21.1 Å². The molecule has 136 valence electrons. The van der Waals surface area contributed by atoms with Crippen molar-refractivity contribution in [1.82, 2.24) is 9.13 Å². The van der Waals surface area contributed by atoms with E-state index >= 15 is 0 Å². The summed E-state index contributed by atoms with van der Waals surface area (Å²) in [5.74, 6) is -0.170. The van der Waals surface area contributed by atoms with E-state index in [9.17, 15) is 9.59 Å². The number of hydrogen-bond donors (Lipinski definition) is 0. The Kier molecular flexibility index (Phi) is 4.11. The van der Waals surface area contributed by atoms with E-state index in [1.54, 1.807) is 23.2 Å². The molecule has 2 aromatic carbocycles. The number of aryl methyl sites for hydroxylation is 2. The Morgan fingerprint density at radius 1 is 0.963 bits per heavy atom. The van der Waals surface area contributed by atoms with Gasteiger partial charge in [-0.3, -0.25) is 13.9 Å². The van der Waals surface area contributed by atoms with E-state index in [2.05, 4.69) is 21.0 Å². The quantitative estimate of drug-likeness (QED) is 0.591. The number of benzene rings is 2. The molecule has 4 rings (SSSR count). The van der Waals surface area contributed by atoms with Gasteiger partial charge < -0.3 is 0 Å². The number of anilines is 1. The molecule has 0 spiro atoms. The number of amides is 1. The fourth-order valence-corrected chi connectivity index (χ4v) is 3.49. The van der Waals surface area contributed by atoms with Gasteiger partial charge in [0.15, 0.2) is 0 Å². The van der Waals surface area contributed by atoms with Crippen molar-refractivity contribution in [2.24, 2.45) is 19.2 Å². The van der Waals surface area contributed by atoms with Crippen LogP contribution in [0.15, 0.2) is 62.4 Å². The number of hydrazone groups is 1. The van der Waals surface area contributed by atoms with E-state index in [1.165, 1.54) is 5.01 Å². The normalized spacial score (nSPS) is 15.9. The lowest BCUT2D eigenvalue weighted by Gasteiger charge is -2.11. The third kappa shape index (κ3) is 2.84. The molecular formula is C20H17BrN4O2. The molecule has 1 aliphatic heterocycles. The van der Waals surface area contributed by atoms with Gasteiger partial charge in [-0.25, -0.2) is 4.79 Å². The predicted octanol–water partition coefficient (Wildman–Crippen LogP) is 3.45. The van der Waals surface area contributed by atoms with Crippen molar-refractivity contribution >= 4 is 50.3 Å². The summed E-state index contributed by atoms with van der Waals surface area (Å²) in [5, 5.41) is 5.81.